The van der Waals surface area contributed by atoms with Gasteiger partial charge in [-0.3, -0.25) is 0 Å². The van der Waals surface area contributed by atoms with Gasteiger partial charge in [-0.25, -0.2) is 9.95 Å². The van der Waals surface area contributed by atoms with Crippen LogP contribution in [0.5, 0.6) is 0 Å². The highest BCUT2D eigenvalue weighted by Gasteiger charge is 2.00. The number of H-pyrrole nitrogens is 1. The van der Waals surface area contributed by atoms with Crippen LogP contribution in [0.15, 0.2) is 15.4 Å². The van der Waals surface area contributed by atoms with Crippen LogP contribution in [0.4, 0.5) is 0 Å². The van der Waals surface area contributed by atoms with E-state index in [4.69, 9.17) is 0 Å². The van der Waals surface area contributed by atoms with Crippen LogP contribution in [0, 0.1) is 0 Å². The van der Waals surface area contributed by atoms with E-state index in [1.807, 2.05) is 13.8 Å². The molecule has 0 amide bonds. The molecule has 0 aliphatic carbocycles. The molecule has 1 rings (SSSR count). The third kappa shape index (κ3) is 1.22. The van der Waals surface area contributed by atoms with Gasteiger partial charge < -0.3 is 4.52 Å². The molecule has 9 heavy (non-hydrogen) atoms. The van der Waals surface area contributed by atoms with E-state index >= 15 is 0 Å². The van der Waals surface area contributed by atoms with Gasteiger partial charge in [0.15, 0.2) is 0 Å². The summed E-state index contributed by atoms with van der Waals surface area (Å²) in [7, 11) is 0. The van der Waals surface area contributed by atoms with Crippen LogP contribution in [-0.2, 0) is 0 Å². The summed E-state index contributed by atoms with van der Waals surface area (Å²) in [5, 5.41) is 2.52. The molecule has 1 aromatic rings. The van der Waals surface area contributed by atoms with Gasteiger partial charge in [-0.15, -0.1) is 0 Å². The van der Waals surface area contributed by atoms with Gasteiger partial charge in [0.2, 0.25) is 0 Å². The molecule has 0 aromatic carbocycles. The Morgan fingerprint density at radius 2 is 2.33 bits per heavy atom. The lowest BCUT2D eigenvalue weighted by atomic mass is 10.1. The minimum Gasteiger partial charge on any atom is -0.339 e. The van der Waals surface area contributed by atoms with Gasteiger partial charge in [0.1, 0.15) is 0 Å². The molecule has 0 spiro atoms. The van der Waals surface area contributed by atoms with Crippen molar-refractivity contribution in [2.45, 2.75) is 19.8 Å². The molecule has 0 saturated carbocycles. The fourth-order valence-corrected chi connectivity index (χ4v) is 0.580. The SMILES string of the molecule is CC(C)c1cc(=O)o[nH]1. The Bertz CT molecular complexity index is 233. The van der Waals surface area contributed by atoms with Crippen LogP contribution in [0.2, 0.25) is 0 Å². The summed E-state index contributed by atoms with van der Waals surface area (Å²) < 4.78 is 4.45. The first-order valence-corrected chi connectivity index (χ1v) is 2.88. The number of hydrogen-bond acceptors (Lipinski definition) is 2. The van der Waals surface area contributed by atoms with Crippen LogP contribution in [0.25, 0.3) is 0 Å². The summed E-state index contributed by atoms with van der Waals surface area (Å²) in [6.07, 6.45) is 0. The first kappa shape index (κ1) is 6.13. The quantitative estimate of drug-likeness (QED) is 0.613. The number of aromatic nitrogens is 1. The van der Waals surface area contributed by atoms with E-state index in [0.29, 0.717) is 5.92 Å². The van der Waals surface area contributed by atoms with E-state index in [1.54, 1.807) is 0 Å². The predicted molar refractivity (Wildman–Crippen MR) is 33.4 cm³/mol. The molecule has 0 bridgehead atoms. The molecule has 0 fully saturated rings. The highest BCUT2D eigenvalue weighted by molar-refractivity contribution is 5.00. The third-order valence-electron chi connectivity index (χ3n) is 1.16. The van der Waals surface area contributed by atoms with Crippen LogP contribution in [0.3, 0.4) is 0 Å². The minimum atomic E-state index is -0.307. The zero-order chi connectivity index (χ0) is 6.85. The molecule has 0 unspecified atom stereocenters. The largest absolute Gasteiger partial charge is 0.357 e. The van der Waals surface area contributed by atoms with Crippen molar-refractivity contribution in [2.24, 2.45) is 0 Å². The molecule has 0 saturated heterocycles. The molecule has 1 aromatic heterocycles. The van der Waals surface area contributed by atoms with Crippen molar-refractivity contribution in [2.75, 3.05) is 0 Å². The van der Waals surface area contributed by atoms with Crippen LogP contribution >= 0.6 is 0 Å². The lowest BCUT2D eigenvalue weighted by Gasteiger charge is -1.94. The second-order valence-corrected chi connectivity index (χ2v) is 2.28. The second kappa shape index (κ2) is 2.09. The van der Waals surface area contributed by atoms with Gasteiger partial charge in [-0.2, -0.15) is 0 Å². The molecule has 0 aliphatic rings. The fraction of sp³-hybridized carbons (Fsp3) is 0.500. The molecule has 3 nitrogen and oxygen atoms in total. The molecule has 1 N–H and O–H groups in total. The zero-order valence-corrected chi connectivity index (χ0v) is 5.47. The molecule has 1 heterocycles. The van der Waals surface area contributed by atoms with E-state index in [-0.39, 0.29) is 5.63 Å². The van der Waals surface area contributed by atoms with Crippen molar-refractivity contribution in [3.05, 3.63) is 22.2 Å². The predicted octanol–water partition coefficient (Wildman–Crippen LogP) is 1.09. The van der Waals surface area contributed by atoms with E-state index in [2.05, 4.69) is 9.68 Å². The van der Waals surface area contributed by atoms with Crippen molar-refractivity contribution < 1.29 is 4.52 Å². The minimum absolute atomic E-state index is 0.307. The maximum atomic E-state index is 10.4. The maximum Gasteiger partial charge on any atom is 0.357 e. The summed E-state index contributed by atoms with van der Waals surface area (Å²) >= 11 is 0. The summed E-state index contributed by atoms with van der Waals surface area (Å²) in [6, 6.07) is 1.46. The molecule has 50 valence electrons. The van der Waals surface area contributed by atoms with Gasteiger partial charge in [-0.05, 0) is 5.92 Å². The Balaban J connectivity index is 2.98. The third-order valence-corrected chi connectivity index (χ3v) is 1.16. The zero-order valence-electron chi connectivity index (χ0n) is 5.47. The molecule has 0 aliphatic heterocycles. The number of hydrogen-bond donors (Lipinski definition) is 1. The van der Waals surface area contributed by atoms with Crippen molar-refractivity contribution >= 4 is 0 Å². The Hall–Kier alpha value is -0.990. The number of aromatic amines is 1. The highest BCUT2D eigenvalue weighted by Crippen LogP contribution is 2.06. The first-order chi connectivity index (χ1) is 4.20. The van der Waals surface area contributed by atoms with E-state index in [9.17, 15) is 4.79 Å². The Labute approximate surface area is 52.7 Å². The highest BCUT2D eigenvalue weighted by atomic mass is 16.5. The molecule has 0 radical (unpaired) electrons. The van der Waals surface area contributed by atoms with Gasteiger partial charge in [0.25, 0.3) is 0 Å². The molecular formula is C6H9NO2. The fourth-order valence-electron chi connectivity index (χ4n) is 0.580. The van der Waals surface area contributed by atoms with E-state index in [1.165, 1.54) is 6.07 Å². The van der Waals surface area contributed by atoms with Crippen LogP contribution in [0.1, 0.15) is 25.5 Å². The standard InChI is InChI=1S/C6H9NO2/c1-4(2)5-3-6(8)9-7-5/h3-4,7H,1-2H3. The number of nitrogens with one attached hydrogen (secondary N) is 1. The van der Waals surface area contributed by atoms with Crippen molar-refractivity contribution in [1.82, 2.24) is 5.16 Å². The Morgan fingerprint density at radius 1 is 1.67 bits per heavy atom. The molecule has 3 heteroatoms. The van der Waals surface area contributed by atoms with Gasteiger partial charge in [0, 0.05) is 6.07 Å². The topological polar surface area (TPSA) is 46.0 Å². The van der Waals surface area contributed by atoms with Crippen molar-refractivity contribution in [3.63, 3.8) is 0 Å². The van der Waals surface area contributed by atoms with E-state index < -0.39 is 0 Å². The summed E-state index contributed by atoms with van der Waals surface area (Å²) in [4.78, 5) is 10.4. The lowest BCUT2D eigenvalue weighted by Crippen LogP contribution is -1.88. The molecular weight excluding hydrogens is 118 g/mol. The van der Waals surface area contributed by atoms with Crippen LogP contribution < -0.4 is 5.63 Å². The summed E-state index contributed by atoms with van der Waals surface area (Å²) in [5.74, 6) is 0.330. The van der Waals surface area contributed by atoms with Crippen molar-refractivity contribution in [1.29, 1.82) is 0 Å². The Morgan fingerprint density at radius 3 is 2.56 bits per heavy atom. The smallest absolute Gasteiger partial charge is 0.339 e. The maximum absolute atomic E-state index is 10.4. The van der Waals surface area contributed by atoms with E-state index in [0.717, 1.165) is 5.69 Å². The van der Waals surface area contributed by atoms with Gasteiger partial charge in [0.05, 0.1) is 5.69 Å². The number of rotatable bonds is 1. The summed E-state index contributed by atoms with van der Waals surface area (Å²) in [6.45, 7) is 3.97. The normalized spacial score (nSPS) is 10.6. The second-order valence-electron chi connectivity index (χ2n) is 2.28. The Kier molecular flexibility index (Phi) is 1.42. The van der Waals surface area contributed by atoms with Crippen molar-refractivity contribution in [3.8, 4) is 0 Å². The van der Waals surface area contributed by atoms with Gasteiger partial charge >= 0.3 is 5.63 Å². The first-order valence-electron chi connectivity index (χ1n) is 2.88. The summed E-state index contributed by atoms with van der Waals surface area (Å²) in [5.41, 5.74) is 0.540. The van der Waals surface area contributed by atoms with Gasteiger partial charge in [-0.1, -0.05) is 13.8 Å². The lowest BCUT2D eigenvalue weighted by molar-refractivity contribution is 0.382. The van der Waals surface area contributed by atoms with Crippen LogP contribution in [-0.4, -0.2) is 5.16 Å². The average Bonchev–Trinajstić information content (AvgIpc) is 2.14. The average molecular weight is 127 g/mol. The molecule has 0 atom stereocenters. The monoisotopic (exact) mass is 127 g/mol.